The van der Waals surface area contributed by atoms with Crippen LogP contribution in [0.25, 0.3) is 0 Å². The summed E-state index contributed by atoms with van der Waals surface area (Å²) in [5.74, 6) is 1.12. The zero-order valence-corrected chi connectivity index (χ0v) is 17.1. The van der Waals surface area contributed by atoms with Crippen molar-refractivity contribution in [3.8, 4) is 0 Å². The van der Waals surface area contributed by atoms with Crippen molar-refractivity contribution in [3.05, 3.63) is 35.4 Å². The SMILES string of the molecule is CC.CCC(C)c1ccc(C2(C(=O)N3CCCC(CO)C3)CCC2)cc1. The lowest BCUT2D eigenvalue weighted by Gasteiger charge is -2.46. The first-order chi connectivity index (χ1) is 12.6. The molecular formula is C23H37NO2. The third kappa shape index (κ3) is 4.14. The second-order valence-corrected chi connectivity index (χ2v) is 7.81. The summed E-state index contributed by atoms with van der Waals surface area (Å²) in [7, 11) is 0. The summed E-state index contributed by atoms with van der Waals surface area (Å²) in [4.78, 5) is 15.3. The Kier molecular flexibility index (Phi) is 7.69. The molecule has 1 aliphatic carbocycles. The Bertz CT molecular complexity index is 562. The van der Waals surface area contributed by atoms with Crippen LogP contribution in [0.15, 0.2) is 24.3 Å². The molecule has 1 aliphatic heterocycles. The predicted octanol–water partition coefficient (Wildman–Crippen LogP) is 4.88. The first-order valence-electron chi connectivity index (χ1n) is 10.6. The molecule has 3 rings (SSSR count). The predicted molar refractivity (Wildman–Crippen MR) is 108 cm³/mol. The first kappa shape index (κ1) is 21.0. The number of benzene rings is 1. The van der Waals surface area contributed by atoms with Crippen LogP contribution in [-0.4, -0.2) is 35.6 Å². The number of hydrogen-bond acceptors (Lipinski definition) is 2. The van der Waals surface area contributed by atoms with Crippen molar-refractivity contribution in [2.75, 3.05) is 19.7 Å². The molecule has 3 heteroatoms. The molecule has 1 N–H and O–H groups in total. The molecular weight excluding hydrogens is 322 g/mol. The number of rotatable bonds is 5. The Morgan fingerprint density at radius 3 is 2.38 bits per heavy atom. The number of carbonyl (C=O) groups excluding carboxylic acids is 1. The standard InChI is InChI=1S/C21H31NO2.C2H6/c1-3-16(2)18-7-9-19(10-8-18)21(11-5-12-21)20(24)22-13-4-6-17(14-22)15-23;1-2/h7-10,16-17,23H,3-6,11-15H2,1-2H3;1-2H3. The minimum absolute atomic E-state index is 0.195. The van der Waals surface area contributed by atoms with Crippen molar-refractivity contribution in [3.63, 3.8) is 0 Å². The van der Waals surface area contributed by atoms with Crippen LogP contribution in [0.3, 0.4) is 0 Å². The second kappa shape index (κ2) is 9.55. The molecule has 146 valence electrons. The van der Waals surface area contributed by atoms with Gasteiger partial charge in [-0.1, -0.05) is 58.4 Å². The Morgan fingerprint density at radius 2 is 1.88 bits per heavy atom. The zero-order chi connectivity index (χ0) is 19.2. The third-order valence-electron chi connectivity index (χ3n) is 6.33. The molecule has 1 aromatic rings. The largest absolute Gasteiger partial charge is 0.396 e. The molecule has 1 saturated carbocycles. The van der Waals surface area contributed by atoms with Crippen LogP contribution in [0.2, 0.25) is 0 Å². The smallest absolute Gasteiger partial charge is 0.233 e. The van der Waals surface area contributed by atoms with Gasteiger partial charge in [0.05, 0.1) is 5.41 Å². The van der Waals surface area contributed by atoms with Gasteiger partial charge in [0.25, 0.3) is 0 Å². The summed E-state index contributed by atoms with van der Waals surface area (Å²) in [5, 5.41) is 9.45. The molecule has 0 radical (unpaired) electrons. The van der Waals surface area contributed by atoms with E-state index in [0.29, 0.717) is 11.8 Å². The normalized spacial score (nSPS) is 22.7. The number of likely N-dealkylation sites (tertiary alicyclic amines) is 1. The fourth-order valence-electron chi connectivity index (χ4n) is 4.22. The summed E-state index contributed by atoms with van der Waals surface area (Å²) in [6.07, 6.45) is 6.26. The number of aliphatic hydroxyl groups is 1. The van der Waals surface area contributed by atoms with Crippen molar-refractivity contribution in [2.45, 2.75) is 77.6 Å². The topological polar surface area (TPSA) is 40.5 Å². The van der Waals surface area contributed by atoms with Crippen LogP contribution in [-0.2, 0) is 10.2 Å². The van der Waals surface area contributed by atoms with Gasteiger partial charge in [-0.05, 0) is 55.1 Å². The van der Waals surface area contributed by atoms with Crippen LogP contribution in [0.5, 0.6) is 0 Å². The summed E-state index contributed by atoms with van der Waals surface area (Å²) in [6, 6.07) is 8.80. The quantitative estimate of drug-likeness (QED) is 0.814. The van der Waals surface area contributed by atoms with Crippen LogP contribution in [0.1, 0.15) is 83.3 Å². The van der Waals surface area contributed by atoms with Gasteiger partial charge in [0.1, 0.15) is 0 Å². The molecule has 2 unspecified atom stereocenters. The molecule has 1 heterocycles. The average Bonchev–Trinajstić information content (AvgIpc) is 2.68. The molecule has 0 spiro atoms. The fourth-order valence-corrected chi connectivity index (χ4v) is 4.22. The molecule has 2 atom stereocenters. The van der Waals surface area contributed by atoms with E-state index in [9.17, 15) is 9.90 Å². The number of carbonyl (C=O) groups is 1. The van der Waals surface area contributed by atoms with E-state index in [1.165, 1.54) is 11.1 Å². The van der Waals surface area contributed by atoms with Gasteiger partial charge in [0.2, 0.25) is 5.91 Å². The van der Waals surface area contributed by atoms with Crippen LogP contribution < -0.4 is 0 Å². The Labute approximate surface area is 159 Å². The van der Waals surface area contributed by atoms with Gasteiger partial charge in [-0.25, -0.2) is 0 Å². The minimum atomic E-state index is -0.300. The van der Waals surface area contributed by atoms with Gasteiger partial charge in [-0.15, -0.1) is 0 Å². The van der Waals surface area contributed by atoms with E-state index in [1.807, 2.05) is 18.7 Å². The molecule has 1 aromatic carbocycles. The molecule has 0 bridgehead atoms. The number of hydrogen-bond donors (Lipinski definition) is 1. The van der Waals surface area contributed by atoms with E-state index in [2.05, 4.69) is 38.1 Å². The van der Waals surface area contributed by atoms with Crippen molar-refractivity contribution in [1.29, 1.82) is 0 Å². The van der Waals surface area contributed by atoms with E-state index in [0.717, 1.165) is 51.6 Å². The summed E-state index contributed by atoms with van der Waals surface area (Å²) < 4.78 is 0. The monoisotopic (exact) mass is 359 g/mol. The summed E-state index contributed by atoms with van der Waals surface area (Å²) >= 11 is 0. The van der Waals surface area contributed by atoms with Crippen molar-refractivity contribution >= 4 is 5.91 Å². The number of aliphatic hydroxyl groups excluding tert-OH is 1. The van der Waals surface area contributed by atoms with E-state index < -0.39 is 0 Å². The van der Waals surface area contributed by atoms with E-state index >= 15 is 0 Å². The molecule has 26 heavy (non-hydrogen) atoms. The lowest BCUT2D eigenvalue weighted by atomic mass is 9.63. The van der Waals surface area contributed by atoms with Gasteiger partial charge in [-0.2, -0.15) is 0 Å². The van der Waals surface area contributed by atoms with Crippen LogP contribution in [0, 0.1) is 5.92 Å². The summed E-state index contributed by atoms with van der Waals surface area (Å²) in [6.45, 7) is 10.2. The molecule has 1 saturated heterocycles. The van der Waals surface area contributed by atoms with E-state index in [4.69, 9.17) is 0 Å². The lowest BCUT2D eigenvalue weighted by molar-refractivity contribution is -0.143. The van der Waals surface area contributed by atoms with E-state index in [-0.39, 0.29) is 17.9 Å². The molecule has 3 nitrogen and oxygen atoms in total. The average molecular weight is 360 g/mol. The minimum Gasteiger partial charge on any atom is -0.396 e. The third-order valence-corrected chi connectivity index (χ3v) is 6.33. The van der Waals surface area contributed by atoms with Gasteiger partial charge in [-0.3, -0.25) is 4.79 Å². The van der Waals surface area contributed by atoms with Gasteiger partial charge in [0.15, 0.2) is 0 Å². The van der Waals surface area contributed by atoms with Crippen molar-refractivity contribution in [1.82, 2.24) is 4.90 Å². The van der Waals surface area contributed by atoms with Gasteiger partial charge < -0.3 is 10.0 Å². The number of amides is 1. The highest BCUT2D eigenvalue weighted by Gasteiger charge is 2.48. The Hall–Kier alpha value is -1.35. The van der Waals surface area contributed by atoms with Crippen molar-refractivity contribution < 1.29 is 9.90 Å². The lowest BCUT2D eigenvalue weighted by Crippen LogP contribution is -2.53. The number of piperidine rings is 1. The number of nitrogens with zero attached hydrogens (tertiary/aromatic N) is 1. The molecule has 0 aromatic heterocycles. The molecule has 1 amide bonds. The van der Waals surface area contributed by atoms with E-state index in [1.54, 1.807) is 0 Å². The first-order valence-corrected chi connectivity index (χ1v) is 10.6. The molecule has 2 fully saturated rings. The van der Waals surface area contributed by atoms with Gasteiger partial charge in [0, 0.05) is 19.7 Å². The molecule has 2 aliphatic rings. The maximum Gasteiger partial charge on any atom is 0.233 e. The summed E-state index contributed by atoms with van der Waals surface area (Å²) in [5.41, 5.74) is 2.25. The van der Waals surface area contributed by atoms with Crippen molar-refractivity contribution in [2.24, 2.45) is 5.92 Å². The second-order valence-electron chi connectivity index (χ2n) is 7.81. The zero-order valence-electron chi connectivity index (χ0n) is 17.1. The Morgan fingerprint density at radius 1 is 1.23 bits per heavy atom. The highest BCUT2D eigenvalue weighted by Crippen LogP contribution is 2.46. The highest BCUT2D eigenvalue weighted by atomic mass is 16.3. The fraction of sp³-hybridized carbons (Fsp3) is 0.696. The highest BCUT2D eigenvalue weighted by molar-refractivity contribution is 5.89. The Balaban J connectivity index is 0.00000117. The van der Waals surface area contributed by atoms with Gasteiger partial charge >= 0.3 is 0 Å². The van der Waals surface area contributed by atoms with Crippen LogP contribution >= 0.6 is 0 Å². The maximum absolute atomic E-state index is 13.3. The van der Waals surface area contributed by atoms with Crippen LogP contribution in [0.4, 0.5) is 0 Å². The maximum atomic E-state index is 13.3.